The summed E-state index contributed by atoms with van der Waals surface area (Å²) >= 11 is 5.84. The third kappa shape index (κ3) is 3.84. The number of likely N-dealkylation sites (tertiary alicyclic amines) is 1. The molecule has 1 aromatic rings. The van der Waals surface area contributed by atoms with Crippen molar-refractivity contribution in [2.75, 3.05) is 19.7 Å². The topological polar surface area (TPSA) is 40.5 Å². The molecule has 20 heavy (non-hydrogen) atoms. The van der Waals surface area contributed by atoms with E-state index in [9.17, 15) is 4.79 Å². The van der Waals surface area contributed by atoms with E-state index in [1.54, 1.807) is 0 Å². The number of aliphatic hydroxyl groups is 1. The molecule has 0 atom stereocenters. The standard InChI is InChI=1S/C16H20ClNO2/c1-12(10-13-2-4-15(17)5-3-13)16(20)18-8-6-14(11-19)7-9-18/h2-5,10,14,19H,6-9,11H2,1H3/b12-10-. The van der Waals surface area contributed by atoms with E-state index in [4.69, 9.17) is 16.7 Å². The number of amides is 1. The van der Waals surface area contributed by atoms with Crippen LogP contribution in [0.25, 0.3) is 6.08 Å². The highest BCUT2D eigenvalue weighted by molar-refractivity contribution is 6.30. The average molecular weight is 294 g/mol. The van der Waals surface area contributed by atoms with Crippen LogP contribution in [0.2, 0.25) is 5.02 Å². The second-order valence-corrected chi connectivity index (χ2v) is 5.73. The molecule has 0 spiro atoms. The number of aliphatic hydroxyl groups excluding tert-OH is 1. The molecule has 1 saturated heterocycles. The Kier molecular flexibility index (Phi) is 5.21. The molecule has 0 saturated carbocycles. The molecule has 4 heteroatoms. The molecule has 3 nitrogen and oxygen atoms in total. The number of piperidine rings is 1. The molecular formula is C16H20ClNO2. The summed E-state index contributed by atoms with van der Waals surface area (Å²) in [6, 6.07) is 7.43. The van der Waals surface area contributed by atoms with E-state index in [-0.39, 0.29) is 12.5 Å². The van der Waals surface area contributed by atoms with Crippen LogP contribution in [0.4, 0.5) is 0 Å². The van der Waals surface area contributed by atoms with E-state index in [1.807, 2.05) is 42.2 Å². The fourth-order valence-corrected chi connectivity index (χ4v) is 2.56. The van der Waals surface area contributed by atoms with Crippen LogP contribution in [-0.2, 0) is 4.79 Å². The molecule has 1 aliphatic rings. The van der Waals surface area contributed by atoms with E-state index >= 15 is 0 Å². The van der Waals surface area contributed by atoms with Gasteiger partial charge in [-0.2, -0.15) is 0 Å². The summed E-state index contributed by atoms with van der Waals surface area (Å²) in [5, 5.41) is 9.81. The Hall–Kier alpha value is -1.32. The summed E-state index contributed by atoms with van der Waals surface area (Å²) in [7, 11) is 0. The predicted molar refractivity (Wildman–Crippen MR) is 81.5 cm³/mol. The zero-order valence-electron chi connectivity index (χ0n) is 11.7. The summed E-state index contributed by atoms with van der Waals surface area (Å²) in [4.78, 5) is 14.2. The monoisotopic (exact) mass is 293 g/mol. The molecule has 0 radical (unpaired) electrons. The van der Waals surface area contributed by atoms with Gasteiger partial charge in [0.25, 0.3) is 0 Å². The molecule has 108 valence electrons. The number of halogens is 1. The fourth-order valence-electron chi connectivity index (χ4n) is 2.44. The minimum absolute atomic E-state index is 0.0799. The molecule has 0 unspecified atom stereocenters. The van der Waals surface area contributed by atoms with Gasteiger partial charge in [-0.05, 0) is 49.5 Å². The van der Waals surface area contributed by atoms with Crippen LogP contribution >= 0.6 is 11.6 Å². The van der Waals surface area contributed by atoms with Crippen molar-refractivity contribution in [2.45, 2.75) is 19.8 Å². The second-order valence-electron chi connectivity index (χ2n) is 5.30. The van der Waals surface area contributed by atoms with Gasteiger partial charge in [0.05, 0.1) is 0 Å². The van der Waals surface area contributed by atoms with Gasteiger partial charge in [0, 0.05) is 30.3 Å². The summed E-state index contributed by atoms with van der Waals surface area (Å²) in [5.41, 5.74) is 1.71. The smallest absolute Gasteiger partial charge is 0.249 e. The Morgan fingerprint density at radius 1 is 1.35 bits per heavy atom. The number of carbonyl (C=O) groups is 1. The van der Waals surface area contributed by atoms with E-state index in [0.717, 1.165) is 37.1 Å². The van der Waals surface area contributed by atoms with Crippen LogP contribution in [0.15, 0.2) is 29.8 Å². The van der Waals surface area contributed by atoms with E-state index in [0.29, 0.717) is 10.9 Å². The Morgan fingerprint density at radius 2 is 1.95 bits per heavy atom. The fraction of sp³-hybridized carbons (Fsp3) is 0.438. The first-order valence-electron chi connectivity index (χ1n) is 6.94. The first kappa shape index (κ1) is 15.1. The first-order chi connectivity index (χ1) is 9.60. The van der Waals surface area contributed by atoms with Gasteiger partial charge >= 0.3 is 0 Å². The molecule has 2 rings (SSSR count). The summed E-state index contributed by atoms with van der Waals surface area (Å²) in [6.45, 7) is 3.53. The van der Waals surface area contributed by atoms with Gasteiger partial charge in [0.2, 0.25) is 5.91 Å². The number of rotatable bonds is 3. The lowest BCUT2D eigenvalue weighted by molar-refractivity contribution is -0.128. The highest BCUT2D eigenvalue weighted by Gasteiger charge is 2.22. The first-order valence-corrected chi connectivity index (χ1v) is 7.32. The predicted octanol–water partition coefficient (Wildman–Crippen LogP) is 2.97. The van der Waals surface area contributed by atoms with Crippen molar-refractivity contribution in [2.24, 2.45) is 5.92 Å². The third-order valence-electron chi connectivity index (χ3n) is 3.75. The Morgan fingerprint density at radius 3 is 2.50 bits per heavy atom. The van der Waals surface area contributed by atoms with Crippen molar-refractivity contribution in [3.05, 3.63) is 40.4 Å². The molecule has 1 fully saturated rings. The van der Waals surface area contributed by atoms with Crippen molar-refractivity contribution in [3.63, 3.8) is 0 Å². The van der Waals surface area contributed by atoms with Crippen molar-refractivity contribution in [1.29, 1.82) is 0 Å². The SMILES string of the molecule is C/C(=C/c1ccc(Cl)cc1)C(=O)N1CCC(CO)CC1. The molecule has 1 aliphatic heterocycles. The number of hydrogen-bond acceptors (Lipinski definition) is 2. The van der Waals surface area contributed by atoms with Crippen LogP contribution in [0, 0.1) is 5.92 Å². The van der Waals surface area contributed by atoms with Gasteiger partial charge < -0.3 is 10.0 Å². The highest BCUT2D eigenvalue weighted by atomic mass is 35.5. The molecule has 0 bridgehead atoms. The van der Waals surface area contributed by atoms with Crippen molar-refractivity contribution < 1.29 is 9.90 Å². The lowest BCUT2D eigenvalue weighted by Crippen LogP contribution is -2.39. The second kappa shape index (κ2) is 6.91. The maximum Gasteiger partial charge on any atom is 0.249 e. The van der Waals surface area contributed by atoms with Gasteiger partial charge in [-0.3, -0.25) is 4.79 Å². The highest BCUT2D eigenvalue weighted by Crippen LogP contribution is 2.19. The maximum absolute atomic E-state index is 12.3. The maximum atomic E-state index is 12.3. The van der Waals surface area contributed by atoms with E-state index in [1.165, 1.54) is 0 Å². The van der Waals surface area contributed by atoms with Gasteiger partial charge in [-0.1, -0.05) is 23.7 Å². The Bertz CT molecular complexity index is 488. The largest absolute Gasteiger partial charge is 0.396 e. The van der Waals surface area contributed by atoms with Crippen LogP contribution in [-0.4, -0.2) is 35.6 Å². The van der Waals surface area contributed by atoms with Crippen molar-refractivity contribution >= 4 is 23.6 Å². The number of carbonyl (C=O) groups excluding carboxylic acids is 1. The Balaban J connectivity index is 2.00. The quantitative estimate of drug-likeness (QED) is 0.871. The minimum Gasteiger partial charge on any atom is -0.396 e. The Labute approximate surface area is 124 Å². The van der Waals surface area contributed by atoms with Gasteiger partial charge in [-0.15, -0.1) is 0 Å². The van der Waals surface area contributed by atoms with Crippen LogP contribution in [0.3, 0.4) is 0 Å². The molecule has 1 amide bonds. The lowest BCUT2D eigenvalue weighted by Gasteiger charge is -2.31. The molecule has 1 N–H and O–H groups in total. The molecule has 1 heterocycles. The number of hydrogen-bond donors (Lipinski definition) is 1. The molecule has 0 aromatic heterocycles. The third-order valence-corrected chi connectivity index (χ3v) is 4.00. The summed E-state index contributed by atoms with van der Waals surface area (Å²) < 4.78 is 0. The number of nitrogens with zero attached hydrogens (tertiary/aromatic N) is 1. The van der Waals surface area contributed by atoms with Gasteiger partial charge in [-0.25, -0.2) is 0 Å². The zero-order valence-corrected chi connectivity index (χ0v) is 12.4. The molecule has 1 aromatic carbocycles. The molecule has 0 aliphatic carbocycles. The van der Waals surface area contributed by atoms with Crippen LogP contribution in [0.1, 0.15) is 25.3 Å². The summed E-state index contributed by atoms with van der Waals surface area (Å²) in [5.74, 6) is 0.427. The average Bonchev–Trinajstić information content (AvgIpc) is 2.49. The minimum atomic E-state index is 0.0799. The van der Waals surface area contributed by atoms with Gasteiger partial charge in [0.1, 0.15) is 0 Å². The zero-order chi connectivity index (χ0) is 14.5. The van der Waals surface area contributed by atoms with Crippen LogP contribution in [0.5, 0.6) is 0 Å². The van der Waals surface area contributed by atoms with Gasteiger partial charge in [0.15, 0.2) is 0 Å². The normalized spacial score (nSPS) is 17.4. The van der Waals surface area contributed by atoms with E-state index in [2.05, 4.69) is 0 Å². The lowest BCUT2D eigenvalue weighted by atomic mass is 9.97. The van der Waals surface area contributed by atoms with Crippen molar-refractivity contribution in [3.8, 4) is 0 Å². The van der Waals surface area contributed by atoms with E-state index < -0.39 is 0 Å². The molecular weight excluding hydrogens is 274 g/mol. The summed E-state index contributed by atoms with van der Waals surface area (Å²) in [6.07, 6.45) is 3.66. The number of benzene rings is 1. The van der Waals surface area contributed by atoms with Crippen molar-refractivity contribution in [1.82, 2.24) is 4.90 Å². The van der Waals surface area contributed by atoms with Crippen LogP contribution < -0.4 is 0 Å².